The maximum absolute atomic E-state index is 13.7. The Bertz CT molecular complexity index is 764. The average molecular weight is 361 g/mol. The minimum Gasteiger partial charge on any atom is -0.497 e. The number of amides is 1. The quantitative estimate of drug-likeness (QED) is 0.813. The van der Waals surface area contributed by atoms with Crippen LogP contribution >= 0.6 is 0 Å². The van der Waals surface area contributed by atoms with Gasteiger partial charge in [0.15, 0.2) is 0 Å². The van der Waals surface area contributed by atoms with E-state index in [9.17, 15) is 13.6 Å². The van der Waals surface area contributed by atoms with Gasteiger partial charge in [-0.05, 0) is 43.2 Å². The van der Waals surface area contributed by atoms with E-state index in [1.165, 1.54) is 12.1 Å². The number of likely N-dealkylation sites (tertiary alicyclic amines) is 1. The van der Waals surface area contributed by atoms with Crippen molar-refractivity contribution in [2.75, 3.05) is 20.2 Å². The molecule has 0 bridgehead atoms. The summed E-state index contributed by atoms with van der Waals surface area (Å²) in [6.45, 7) is 1.17. The second-order valence-corrected chi connectivity index (χ2v) is 6.29. The van der Waals surface area contributed by atoms with E-state index in [2.05, 4.69) is 0 Å². The zero-order chi connectivity index (χ0) is 18.5. The molecule has 1 aliphatic rings. The number of hydrogen-bond acceptors (Lipinski definition) is 3. The predicted octanol–water partition coefficient (Wildman–Crippen LogP) is 3.79. The van der Waals surface area contributed by atoms with Crippen LogP contribution < -0.4 is 4.74 Å². The minimum atomic E-state index is -0.619. The lowest BCUT2D eigenvalue weighted by molar-refractivity contribution is -0.00764. The third-order valence-corrected chi connectivity index (χ3v) is 4.49. The Hall–Kier alpha value is -2.47. The third-order valence-electron chi connectivity index (χ3n) is 4.49. The number of methoxy groups -OCH3 is 1. The SMILES string of the molecule is COc1ccc(C(=O)N2CCCC(OCc3ccc(F)cc3F)C2)cc1. The fourth-order valence-corrected chi connectivity index (χ4v) is 3.02. The molecule has 6 heteroatoms. The van der Waals surface area contributed by atoms with E-state index in [1.807, 2.05) is 0 Å². The Morgan fingerprint density at radius 3 is 2.65 bits per heavy atom. The molecule has 0 saturated carbocycles. The second kappa shape index (κ2) is 8.27. The lowest BCUT2D eigenvalue weighted by Crippen LogP contribution is -2.43. The Kier molecular flexibility index (Phi) is 5.83. The zero-order valence-corrected chi connectivity index (χ0v) is 14.6. The van der Waals surface area contributed by atoms with Crippen LogP contribution in [0.25, 0.3) is 0 Å². The number of rotatable bonds is 5. The first-order chi connectivity index (χ1) is 12.6. The molecule has 1 fully saturated rings. The molecule has 1 heterocycles. The van der Waals surface area contributed by atoms with Gasteiger partial charge in [0.2, 0.25) is 0 Å². The lowest BCUT2D eigenvalue weighted by atomic mass is 10.1. The summed E-state index contributed by atoms with van der Waals surface area (Å²) in [6, 6.07) is 10.4. The van der Waals surface area contributed by atoms with Gasteiger partial charge in [-0.2, -0.15) is 0 Å². The van der Waals surface area contributed by atoms with Crippen LogP contribution in [0.4, 0.5) is 8.78 Å². The van der Waals surface area contributed by atoms with E-state index in [-0.39, 0.29) is 18.6 Å². The van der Waals surface area contributed by atoms with Crippen molar-refractivity contribution in [2.45, 2.75) is 25.6 Å². The maximum atomic E-state index is 13.7. The summed E-state index contributed by atoms with van der Waals surface area (Å²) >= 11 is 0. The molecule has 3 rings (SSSR count). The molecule has 0 spiro atoms. The standard InChI is InChI=1S/C20H21F2NO3/c1-25-17-8-5-14(6-9-17)20(24)23-10-2-3-18(12-23)26-13-15-4-7-16(21)11-19(15)22/h4-9,11,18H,2-3,10,12-13H2,1H3. The highest BCUT2D eigenvalue weighted by Gasteiger charge is 2.25. The summed E-state index contributed by atoms with van der Waals surface area (Å²) in [5.41, 5.74) is 0.904. The normalized spacial score (nSPS) is 17.2. The van der Waals surface area contributed by atoms with Gasteiger partial charge < -0.3 is 14.4 Å². The molecule has 1 saturated heterocycles. The minimum absolute atomic E-state index is 0.0569. The van der Waals surface area contributed by atoms with Crippen molar-refractivity contribution in [1.29, 1.82) is 0 Å². The van der Waals surface area contributed by atoms with Gasteiger partial charge in [-0.3, -0.25) is 4.79 Å². The van der Waals surface area contributed by atoms with E-state index in [0.717, 1.165) is 18.9 Å². The van der Waals surface area contributed by atoms with Gasteiger partial charge in [-0.15, -0.1) is 0 Å². The van der Waals surface area contributed by atoms with Gasteiger partial charge in [0.05, 0.1) is 19.8 Å². The molecular weight excluding hydrogens is 340 g/mol. The molecule has 1 aliphatic heterocycles. The second-order valence-electron chi connectivity index (χ2n) is 6.29. The van der Waals surface area contributed by atoms with E-state index in [0.29, 0.717) is 30.0 Å². The molecule has 26 heavy (non-hydrogen) atoms. The van der Waals surface area contributed by atoms with Crippen LogP contribution in [0.1, 0.15) is 28.8 Å². The van der Waals surface area contributed by atoms with Gasteiger partial charge in [-0.25, -0.2) is 8.78 Å². The summed E-state index contributed by atoms with van der Waals surface area (Å²) in [6.07, 6.45) is 1.45. The highest BCUT2D eigenvalue weighted by Crippen LogP contribution is 2.20. The Morgan fingerprint density at radius 1 is 1.19 bits per heavy atom. The van der Waals surface area contributed by atoms with Crippen LogP contribution in [0, 0.1) is 11.6 Å². The number of piperidine rings is 1. The van der Waals surface area contributed by atoms with Crippen LogP contribution in [-0.4, -0.2) is 37.1 Å². The molecule has 1 unspecified atom stereocenters. The van der Waals surface area contributed by atoms with Crippen molar-refractivity contribution in [3.63, 3.8) is 0 Å². The molecule has 2 aromatic rings. The average Bonchev–Trinajstić information content (AvgIpc) is 2.67. The molecule has 0 aliphatic carbocycles. The van der Waals surface area contributed by atoms with Crippen LogP contribution in [0.5, 0.6) is 5.75 Å². The summed E-state index contributed by atoms with van der Waals surface area (Å²) < 4.78 is 37.5. The fourth-order valence-electron chi connectivity index (χ4n) is 3.02. The third kappa shape index (κ3) is 4.38. The van der Waals surface area contributed by atoms with Crippen molar-refractivity contribution in [2.24, 2.45) is 0 Å². The predicted molar refractivity (Wildman–Crippen MR) is 93.1 cm³/mol. The molecule has 138 valence electrons. The van der Waals surface area contributed by atoms with Crippen LogP contribution in [0.15, 0.2) is 42.5 Å². The molecule has 0 aromatic heterocycles. The van der Waals surface area contributed by atoms with E-state index in [4.69, 9.17) is 9.47 Å². The molecule has 0 radical (unpaired) electrons. The largest absolute Gasteiger partial charge is 0.497 e. The summed E-state index contributed by atoms with van der Waals surface area (Å²) in [5, 5.41) is 0. The lowest BCUT2D eigenvalue weighted by Gasteiger charge is -2.32. The number of halogens is 2. The monoisotopic (exact) mass is 361 g/mol. The Labute approximate surface area is 151 Å². The van der Waals surface area contributed by atoms with E-state index < -0.39 is 11.6 Å². The van der Waals surface area contributed by atoms with Crippen molar-refractivity contribution in [3.8, 4) is 5.75 Å². The van der Waals surface area contributed by atoms with Crippen LogP contribution in [0.3, 0.4) is 0 Å². The number of ether oxygens (including phenoxy) is 2. The number of benzene rings is 2. The molecule has 4 nitrogen and oxygen atoms in total. The van der Waals surface area contributed by atoms with Gasteiger partial charge in [0.1, 0.15) is 17.4 Å². The maximum Gasteiger partial charge on any atom is 0.253 e. The summed E-state index contributed by atoms with van der Waals surface area (Å²) in [5.74, 6) is -0.594. The van der Waals surface area contributed by atoms with Gasteiger partial charge in [0.25, 0.3) is 5.91 Å². The first-order valence-corrected chi connectivity index (χ1v) is 8.55. The van der Waals surface area contributed by atoms with E-state index in [1.54, 1.807) is 36.3 Å². The molecule has 1 amide bonds. The highest BCUT2D eigenvalue weighted by atomic mass is 19.1. The van der Waals surface area contributed by atoms with Crippen molar-refractivity contribution in [3.05, 3.63) is 65.2 Å². The summed E-state index contributed by atoms with van der Waals surface area (Å²) in [7, 11) is 1.58. The smallest absolute Gasteiger partial charge is 0.253 e. The van der Waals surface area contributed by atoms with Crippen LogP contribution in [-0.2, 0) is 11.3 Å². The number of carbonyl (C=O) groups excluding carboxylic acids is 1. The van der Waals surface area contributed by atoms with Crippen molar-refractivity contribution in [1.82, 2.24) is 4.90 Å². The van der Waals surface area contributed by atoms with Gasteiger partial charge in [0, 0.05) is 30.3 Å². The van der Waals surface area contributed by atoms with Gasteiger partial charge in [-0.1, -0.05) is 6.07 Å². The topological polar surface area (TPSA) is 38.8 Å². The van der Waals surface area contributed by atoms with Crippen molar-refractivity contribution < 1.29 is 23.0 Å². The zero-order valence-electron chi connectivity index (χ0n) is 14.6. The Morgan fingerprint density at radius 2 is 1.96 bits per heavy atom. The van der Waals surface area contributed by atoms with Crippen LogP contribution in [0.2, 0.25) is 0 Å². The summed E-state index contributed by atoms with van der Waals surface area (Å²) in [4.78, 5) is 14.4. The van der Waals surface area contributed by atoms with Gasteiger partial charge >= 0.3 is 0 Å². The van der Waals surface area contributed by atoms with Crippen molar-refractivity contribution >= 4 is 5.91 Å². The first kappa shape index (κ1) is 18.3. The number of hydrogen-bond donors (Lipinski definition) is 0. The molecule has 2 aromatic carbocycles. The number of carbonyl (C=O) groups is 1. The van der Waals surface area contributed by atoms with E-state index >= 15 is 0 Å². The number of nitrogens with zero attached hydrogens (tertiary/aromatic N) is 1. The molecule has 0 N–H and O–H groups in total. The highest BCUT2D eigenvalue weighted by molar-refractivity contribution is 5.94. The first-order valence-electron chi connectivity index (χ1n) is 8.55. The molecular formula is C20H21F2NO3. The Balaban J connectivity index is 1.58. The fraction of sp³-hybridized carbons (Fsp3) is 0.350. The molecule has 1 atom stereocenters.